The number of aromatic nitrogens is 2. The van der Waals surface area contributed by atoms with E-state index in [0.29, 0.717) is 5.82 Å². The van der Waals surface area contributed by atoms with E-state index in [9.17, 15) is 0 Å². The maximum Gasteiger partial charge on any atom is 0.161 e. The molecular formula is C51H30N2O. The minimum atomic E-state index is -0.390. The van der Waals surface area contributed by atoms with Gasteiger partial charge in [0, 0.05) is 27.3 Å². The minimum absolute atomic E-state index is 0.390. The molecule has 0 unspecified atom stereocenters. The molecule has 2 heterocycles. The van der Waals surface area contributed by atoms with Crippen molar-refractivity contribution in [2.24, 2.45) is 0 Å². The molecule has 3 nitrogen and oxygen atoms in total. The summed E-state index contributed by atoms with van der Waals surface area (Å²) in [4.78, 5) is 10.4. The van der Waals surface area contributed by atoms with Crippen LogP contribution in [0.4, 0.5) is 0 Å². The monoisotopic (exact) mass is 686 g/mol. The lowest BCUT2D eigenvalue weighted by molar-refractivity contribution is 0.669. The van der Waals surface area contributed by atoms with Gasteiger partial charge in [0.1, 0.15) is 11.2 Å². The molecule has 0 fully saturated rings. The zero-order valence-corrected chi connectivity index (χ0v) is 29.1. The van der Waals surface area contributed by atoms with Crippen LogP contribution in [-0.4, -0.2) is 9.97 Å². The Kier molecular flexibility index (Phi) is 5.98. The van der Waals surface area contributed by atoms with Crippen molar-refractivity contribution in [1.82, 2.24) is 9.97 Å². The lowest BCUT2D eigenvalue weighted by Crippen LogP contribution is -2.25. The van der Waals surface area contributed by atoms with Crippen molar-refractivity contribution >= 4 is 32.8 Å². The van der Waals surface area contributed by atoms with Crippen molar-refractivity contribution in [3.63, 3.8) is 0 Å². The van der Waals surface area contributed by atoms with Crippen LogP contribution in [0, 0.1) is 0 Å². The van der Waals surface area contributed by atoms with Gasteiger partial charge in [-0.15, -0.1) is 0 Å². The molecule has 2 aliphatic carbocycles. The Hall–Kier alpha value is -7.10. The second-order valence-corrected chi connectivity index (χ2v) is 14.4. The van der Waals surface area contributed by atoms with Crippen molar-refractivity contribution < 1.29 is 4.42 Å². The summed E-state index contributed by atoms with van der Waals surface area (Å²) in [6.07, 6.45) is 0. The molecule has 2 aromatic heterocycles. The summed E-state index contributed by atoms with van der Waals surface area (Å²) in [5, 5.41) is 3.10. The Balaban J connectivity index is 1.07. The third-order valence-corrected chi connectivity index (χ3v) is 11.7. The first kappa shape index (κ1) is 29.5. The number of hydrogen-bond donors (Lipinski definition) is 0. The topological polar surface area (TPSA) is 38.9 Å². The first-order valence-electron chi connectivity index (χ1n) is 18.5. The summed E-state index contributed by atoms with van der Waals surface area (Å²) < 4.78 is 6.52. The summed E-state index contributed by atoms with van der Waals surface area (Å²) in [6, 6.07) is 65.4. The van der Waals surface area contributed by atoms with E-state index in [1.807, 2.05) is 30.3 Å². The highest BCUT2D eigenvalue weighted by Crippen LogP contribution is 2.63. The third-order valence-electron chi connectivity index (χ3n) is 11.7. The van der Waals surface area contributed by atoms with Gasteiger partial charge in [0.05, 0.1) is 16.6 Å². The van der Waals surface area contributed by atoms with Gasteiger partial charge < -0.3 is 4.42 Å². The fourth-order valence-electron chi connectivity index (χ4n) is 9.48. The SMILES string of the molecule is c1ccc(-c2nc(-c3cccc4oc5ccc(-c6ccc7c(c6)C6(c8ccccc8-c8ccccc86)c6ccccc6-7)cc5c34)nc3ccccc23)cc1. The number of para-hydroxylation sites is 1. The Morgan fingerprint density at radius 1 is 0.370 bits per heavy atom. The van der Waals surface area contributed by atoms with Gasteiger partial charge in [0.2, 0.25) is 0 Å². The van der Waals surface area contributed by atoms with Crippen molar-refractivity contribution in [3.8, 4) is 56.0 Å². The van der Waals surface area contributed by atoms with E-state index in [4.69, 9.17) is 14.4 Å². The largest absolute Gasteiger partial charge is 0.456 e. The normalized spacial score (nSPS) is 13.3. The number of fused-ring (bicyclic) bond motifs is 14. The standard InChI is InChI=1S/C51H30N2O/c1-2-13-31(14-3-1)49-38-18-7-11-23-45(38)52-50(53-49)39-19-12-24-47-48(39)40-29-32(26-28-46(40)54-47)33-25-27-37-36-17-6-10-22-43(36)51(44(37)30-33)41-20-8-4-15-34(41)35-16-5-9-21-42(35)51/h1-30H. The quantitative estimate of drug-likeness (QED) is 0.186. The molecular weight excluding hydrogens is 657 g/mol. The molecule has 0 bridgehead atoms. The van der Waals surface area contributed by atoms with Crippen LogP contribution in [0.2, 0.25) is 0 Å². The lowest BCUT2D eigenvalue weighted by atomic mass is 9.70. The van der Waals surface area contributed by atoms with Gasteiger partial charge in [0.25, 0.3) is 0 Å². The number of rotatable bonds is 3. The second kappa shape index (κ2) is 11.0. The maximum absolute atomic E-state index is 6.52. The number of nitrogens with zero attached hydrogens (tertiary/aromatic N) is 2. The first-order chi connectivity index (χ1) is 26.8. The third kappa shape index (κ3) is 3.90. The predicted octanol–water partition coefficient (Wildman–Crippen LogP) is 12.9. The fourth-order valence-corrected chi connectivity index (χ4v) is 9.48. The highest BCUT2D eigenvalue weighted by Gasteiger charge is 2.51. The number of hydrogen-bond acceptors (Lipinski definition) is 3. The molecule has 0 N–H and O–H groups in total. The summed E-state index contributed by atoms with van der Waals surface area (Å²) in [5.41, 5.74) is 18.0. The average molecular weight is 687 g/mol. The van der Waals surface area contributed by atoms with Crippen molar-refractivity contribution in [3.05, 3.63) is 204 Å². The van der Waals surface area contributed by atoms with Crippen LogP contribution in [0.25, 0.3) is 88.9 Å². The van der Waals surface area contributed by atoms with Crippen LogP contribution in [-0.2, 0) is 5.41 Å². The van der Waals surface area contributed by atoms with Gasteiger partial charge in [-0.05, 0) is 86.0 Å². The molecule has 250 valence electrons. The molecule has 0 radical (unpaired) electrons. The molecule has 2 aliphatic rings. The second-order valence-electron chi connectivity index (χ2n) is 14.4. The van der Waals surface area contributed by atoms with E-state index in [1.165, 1.54) is 50.1 Å². The Morgan fingerprint density at radius 2 is 0.963 bits per heavy atom. The molecule has 0 amide bonds. The molecule has 1 spiro atoms. The van der Waals surface area contributed by atoms with E-state index < -0.39 is 5.41 Å². The summed E-state index contributed by atoms with van der Waals surface area (Å²) in [7, 11) is 0. The minimum Gasteiger partial charge on any atom is -0.456 e. The van der Waals surface area contributed by atoms with Crippen LogP contribution < -0.4 is 0 Å². The zero-order valence-electron chi connectivity index (χ0n) is 29.1. The van der Waals surface area contributed by atoms with E-state index in [2.05, 4.69) is 152 Å². The van der Waals surface area contributed by atoms with Gasteiger partial charge in [-0.1, -0.05) is 152 Å². The van der Waals surface area contributed by atoms with E-state index in [0.717, 1.165) is 55.2 Å². The summed E-state index contributed by atoms with van der Waals surface area (Å²) >= 11 is 0. The van der Waals surface area contributed by atoms with Crippen LogP contribution >= 0.6 is 0 Å². The molecule has 8 aromatic carbocycles. The maximum atomic E-state index is 6.52. The van der Waals surface area contributed by atoms with E-state index in [1.54, 1.807) is 0 Å². The Bertz CT molecular complexity index is 3110. The van der Waals surface area contributed by atoms with Crippen molar-refractivity contribution in [2.75, 3.05) is 0 Å². The highest BCUT2D eigenvalue weighted by atomic mass is 16.3. The highest BCUT2D eigenvalue weighted by molar-refractivity contribution is 6.13. The molecule has 10 aromatic rings. The molecule has 54 heavy (non-hydrogen) atoms. The smallest absolute Gasteiger partial charge is 0.161 e. The van der Waals surface area contributed by atoms with E-state index >= 15 is 0 Å². The Labute approximate surface area is 311 Å². The summed E-state index contributed by atoms with van der Waals surface area (Å²) in [6.45, 7) is 0. The van der Waals surface area contributed by atoms with E-state index in [-0.39, 0.29) is 0 Å². The molecule has 0 aliphatic heterocycles. The molecule has 12 rings (SSSR count). The van der Waals surface area contributed by atoms with Crippen LogP contribution in [0.15, 0.2) is 186 Å². The molecule has 0 saturated carbocycles. The van der Waals surface area contributed by atoms with Crippen LogP contribution in [0.3, 0.4) is 0 Å². The predicted molar refractivity (Wildman–Crippen MR) is 219 cm³/mol. The van der Waals surface area contributed by atoms with Crippen molar-refractivity contribution in [1.29, 1.82) is 0 Å². The van der Waals surface area contributed by atoms with Gasteiger partial charge in [-0.2, -0.15) is 0 Å². The summed E-state index contributed by atoms with van der Waals surface area (Å²) in [5.74, 6) is 0.682. The Morgan fingerprint density at radius 3 is 1.70 bits per heavy atom. The van der Waals surface area contributed by atoms with Gasteiger partial charge in [-0.3, -0.25) is 0 Å². The fraction of sp³-hybridized carbons (Fsp3) is 0.0196. The molecule has 0 atom stereocenters. The van der Waals surface area contributed by atoms with Gasteiger partial charge in [0.15, 0.2) is 5.82 Å². The average Bonchev–Trinajstić information content (AvgIpc) is 3.87. The van der Waals surface area contributed by atoms with Gasteiger partial charge >= 0.3 is 0 Å². The number of furan rings is 1. The van der Waals surface area contributed by atoms with Gasteiger partial charge in [-0.25, -0.2) is 9.97 Å². The zero-order chi connectivity index (χ0) is 35.4. The number of benzene rings is 8. The molecule has 0 saturated heterocycles. The van der Waals surface area contributed by atoms with Crippen molar-refractivity contribution in [2.45, 2.75) is 5.41 Å². The van der Waals surface area contributed by atoms with Crippen LogP contribution in [0.5, 0.6) is 0 Å². The van der Waals surface area contributed by atoms with Crippen LogP contribution in [0.1, 0.15) is 22.3 Å². The lowest BCUT2D eigenvalue weighted by Gasteiger charge is -2.30. The first-order valence-corrected chi connectivity index (χ1v) is 18.5. The molecule has 3 heteroatoms.